The van der Waals surface area contributed by atoms with Gasteiger partial charge in [-0.1, -0.05) is 30.3 Å². The van der Waals surface area contributed by atoms with Gasteiger partial charge < -0.3 is 15.0 Å². The topological polar surface area (TPSA) is 110 Å². The molecule has 2 aromatic carbocycles. The number of amides is 1. The summed E-state index contributed by atoms with van der Waals surface area (Å²) in [6.45, 7) is 0. The number of hydrogen-bond acceptors (Lipinski definition) is 6. The SMILES string of the molecule is COC(=O)c1nc2ccc(NC(=O)c3cnc(-c4ccccc4)nc3)cc2[nH]1. The number of hydrogen-bond donors (Lipinski definition) is 2. The third kappa shape index (κ3) is 3.43. The minimum absolute atomic E-state index is 0.103. The Hall–Kier alpha value is -4.07. The second-order valence-electron chi connectivity index (χ2n) is 5.92. The first kappa shape index (κ1) is 17.3. The molecule has 0 aliphatic carbocycles. The highest BCUT2D eigenvalue weighted by atomic mass is 16.5. The van der Waals surface area contributed by atoms with Gasteiger partial charge in [-0.3, -0.25) is 4.79 Å². The monoisotopic (exact) mass is 373 g/mol. The van der Waals surface area contributed by atoms with Gasteiger partial charge in [0.15, 0.2) is 5.82 Å². The highest BCUT2D eigenvalue weighted by Gasteiger charge is 2.13. The molecule has 138 valence electrons. The standard InChI is InChI=1S/C20H15N5O3/c1-28-20(27)18-24-15-8-7-14(9-16(15)25-18)23-19(26)13-10-21-17(22-11-13)12-5-3-2-4-6-12/h2-11H,1H3,(H,23,26)(H,24,25). The molecule has 2 N–H and O–H groups in total. The van der Waals surface area contributed by atoms with Crippen LogP contribution in [0.3, 0.4) is 0 Å². The molecule has 1 amide bonds. The van der Waals surface area contributed by atoms with Crippen LogP contribution in [-0.2, 0) is 4.74 Å². The van der Waals surface area contributed by atoms with E-state index in [2.05, 4.69) is 30.0 Å². The number of aromatic amines is 1. The van der Waals surface area contributed by atoms with Crippen LogP contribution in [0.25, 0.3) is 22.4 Å². The van der Waals surface area contributed by atoms with E-state index in [0.29, 0.717) is 28.1 Å². The van der Waals surface area contributed by atoms with Gasteiger partial charge in [-0.15, -0.1) is 0 Å². The first-order valence-electron chi connectivity index (χ1n) is 8.41. The van der Waals surface area contributed by atoms with Crippen LogP contribution in [0.5, 0.6) is 0 Å². The lowest BCUT2D eigenvalue weighted by Crippen LogP contribution is -2.12. The van der Waals surface area contributed by atoms with Gasteiger partial charge in [0.2, 0.25) is 5.82 Å². The van der Waals surface area contributed by atoms with Gasteiger partial charge in [0.05, 0.1) is 23.7 Å². The average Bonchev–Trinajstić information content (AvgIpc) is 3.17. The highest BCUT2D eigenvalue weighted by Crippen LogP contribution is 2.19. The van der Waals surface area contributed by atoms with E-state index in [4.69, 9.17) is 0 Å². The summed E-state index contributed by atoms with van der Waals surface area (Å²) >= 11 is 0. The van der Waals surface area contributed by atoms with Crippen LogP contribution < -0.4 is 5.32 Å². The molecule has 2 aromatic heterocycles. The Morgan fingerprint density at radius 2 is 1.79 bits per heavy atom. The number of esters is 1. The maximum atomic E-state index is 12.5. The second-order valence-corrected chi connectivity index (χ2v) is 5.92. The largest absolute Gasteiger partial charge is 0.463 e. The summed E-state index contributed by atoms with van der Waals surface area (Å²) in [6.07, 6.45) is 2.96. The molecule has 0 spiro atoms. The van der Waals surface area contributed by atoms with Gasteiger partial charge in [0.1, 0.15) is 0 Å². The molecular weight excluding hydrogens is 358 g/mol. The minimum Gasteiger partial charge on any atom is -0.463 e. The van der Waals surface area contributed by atoms with Crippen LogP contribution in [0.1, 0.15) is 21.0 Å². The number of nitrogens with one attached hydrogen (secondary N) is 2. The molecular formula is C20H15N5O3. The number of aromatic nitrogens is 4. The summed E-state index contributed by atoms with van der Waals surface area (Å²) < 4.78 is 4.64. The molecule has 0 aliphatic heterocycles. The summed E-state index contributed by atoms with van der Waals surface area (Å²) in [7, 11) is 1.28. The van der Waals surface area contributed by atoms with Crippen LogP contribution in [0.2, 0.25) is 0 Å². The summed E-state index contributed by atoms with van der Waals surface area (Å²) in [5.41, 5.74) is 2.95. The van der Waals surface area contributed by atoms with Crippen LogP contribution in [-0.4, -0.2) is 38.9 Å². The summed E-state index contributed by atoms with van der Waals surface area (Å²) in [4.78, 5) is 39.5. The quantitative estimate of drug-likeness (QED) is 0.532. The third-order valence-corrected chi connectivity index (χ3v) is 4.06. The molecule has 0 bridgehead atoms. The molecule has 8 heteroatoms. The van der Waals surface area contributed by atoms with Crippen LogP contribution in [0, 0.1) is 0 Å². The third-order valence-electron chi connectivity index (χ3n) is 4.06. The van der Waals surface area contributed by atoms with Crippen molar-refractivity contribution in [2.45, 2.75) is 0 Å². The van der Waals surface area contributed by atoms with Gasteiger partial charge in [-0.05, 0) is 18.2 Å². The molecule has 4 rings (SSSR count). The van der Waals surface area contributed by atoms with Crippen molar-refractivity contribution >= 4 is 28.6 Å². The van der Waals surface area contributed by atoms with E-state index in [9.17, 15) is 9.59 Å². The zero-order valence-corrected chi connectivity index (χ0v) is 14.8. The number of nitrogens with zero attached hydrogens (tertiary/aromatic N) is 3. The van der Waals surface area contributed by atoms with Gasteiger partial charge in [-0.2, -0.15) is 0 Å². The molecule has 0 saturated heterocycles. The number of rotatable bonds is 4. The number of imidazole rings is 1. The second kappa shape index (κ2) is 7.28. The molecule has 0 radical (unpaired) electrons. The van der Waals surface area contributed by atoms with Crippen LogP contribution in [0.15, 0.2) is 60.9 Å². The van der Waals surface area contributed by atoms with E-state index in [1.165, 1.54) is 19.5 Å². The number of H-pyrrole nitrogens is 1. The predicted octanol–water partition coefficient (Wildman–Crippen LogP) is 3.06. The smallest absolute Gasteiger partial charge is 0.374 e. The van der Waals surface area contributed by atoms with Crippen LogP contribution in [0.4, 0.5) is 5.69 Å². The first-order valence-corrected chi connectivity index (χ1v) is 8.41. The molecule has 0 atom stereocenters. The predicted molar refractivity (Wildman–Crippen MR) is 103 cm³/mol. The fraction of sp³-hybridized carbons (Fsp3) is 0.0500. The van der Waals surface area contributed by atoms with E-state index in [1.54, 1.807) is 18.2 Å². The fourth-order valence-corrected chi connectivity index (χ4v) is 2.67. The lowest BCUT2D eigenvalue weighted by Gasteiger charge is -2.05. The Labute approximate surface area is 159 Å². The molecule has 0 aliphatic rings. The zero-order valence-electron chi connectivity index (χ0n) is 14.8. The Balaban J connectivity index is 1.52. The maximum absolute atomic E-state index is 12.5. The number of anilines is 1. The Morgan fingerprint density at radius 1 is 1.04 bits per heavy atom. The van der Waals surface area contributed by atoms with Gasteiger partial charge in [-0.25, -0.2) is 19.7 Å². The van der Waals surface area contributed by atoms with Gasteiger partial charge in [0.25, 0.3) is 5.91 Å². The van der Waals surface area contributed by atoms with Crippen molar-refractivity contribution in [3.63, 3.8) is 0 Å². The molecule has 2 heterocycles. The molecule has 0 fully saturated rings. The molecule has 4 aromatic rings. The van der Waals surface area contributed by atoms with Crippen molar-refractivity contribution < 1.29 is 14.3 Å². The van der Waals surface area contributed by atoms with Crippen molar-refractivity contribution in [1.29, 1.82) is 0 Å². The summed E-state index contributed by atoms with van der Waals surface area (Å²) in [5.74, 6) is -0.249. The van der Waals surface area contributed by atoms with Crippen molar-refractivity contribution in [3.8, 4) is 11.4 Å². The van der Waals surface area contributed by atoms with Crippen molar-refractivity contribution in [2.75, 3.05) is 12.4 Å². The number of benzene rings is 2. The number of ether oxygens (including phenoxy) is 1. The zero-order chi connectivity index (χ0) is 19.5. The van der Waals surface area contributed by atoms with E-state index >= 15 is 0 Å². The summed E-state index contributed by atoms with van der Waals surface area (Å²) in [5, 5.41) is 2.78. The normalized spacial score (nSPS) is 10.6. The number of carbonyl (C=O) groups excluding carboxylic acids is 2. The lowest BCUT2D eigenvalue weighted by atomic mass is 10.2. The Bertz CT molecular complexity index is 1150. The minimum atomic E-state index is -0.558. The Morgan fingerprint density at radius 3 is 2.50 bits per heavy atom. The molecule has 0 unspecified atom stereocenters. The van der Waals surface area contributed by atoms with Crippen molar-refractivity contribution in [1.82, 2.24) is 19.9 Å². The fourth-order valence-electron chi connectivity index (χ4n) is 2.67. The van der Waals surface area contributed by atoms with E-state index < -0.39 is 5.97 Å². The number of carbonyl (C=O) groups is 2. The van der Waals surface area contributed by atoms with E-state index in [-0.39, 0.29) is 11.7 Å². The molecule has 8 nitrogen and oxygen atoms in total. The molecule has 28 heavy (non-hydrogen) atoms. The van der Waals surface area contributed by atoms with Crippen molar-refractivity contribution in [2.24, 2.45) is 0 Å². The summed E-state index contributed by atoms with van der Waals surface area (Å²) in [6, 6.07) is 14.6. The average molecular weight is 373 g/mol. The number of methoxy groups -OCH3 is 1. The van der Waals surface area contributed by atoms with Crippen molar-refractivity contribution in [3.05, 3.63) is 72.3 Å². The van der Waals surface area contributed by atoms with Gasteiger partial charge in [0, 0.05) is 23.6 Å². The van der Waals surface area contributed by atoms with Gasteiger partial charge >= 0.3 is 5.97 Å². The lowest BCUT2D eigenvalue weighted by molar-refractivity contribution is 0.0588. The number of fused-ring (bicyclic) bond motifs is 1. The Kier molecular flexibility index (Phi) is 4.51. The van der Waals surface area contributed by atoms with E-state index in [1.807, 2.05) is 30.3 Å². The first-order chi connectivity index (χ1) is 13.6. The molecule has 0 saturated carbocycles. The van der Waals surface area contributed by atoms with Crippen LogP contribution >= 0.6 is 0 Å². The highest BCUT2D eigenvalue weighted by molar-refractivity contribution is 6.04. The van der Waals surface area contributed by atoms with E-state index in [0.717, 1.165) is 5.56 Å². The maximum Gasteiger partial charge on any atom is 0.374 e.